The van der Waals surface area contributed by atoms with Crippen molar-refractivity contribution in [2.45, 2.75) is 0 Å². The number of aliphatic carboxylic acids is 2. The number of rotatable bonds is 5. The fourth-order valence-corrected chi connectivity index (χ4v) is 2.41. The first kappa shape index (κ1) is 17.1. The molecule has 0 aliphatic carbocycles. The average molecular weight is 352 g/mol. The number of carboxylic acids is 2. The molecule has 0 atom stereocenters. The van der Waals surface area contributed by atoms with Gasteiger partial charge in [-0.15, -0.1) is 0 Å². The fraction of sp³-hybridized carbons (Fsp3) is 0. The Bertz CT molecular complexity index is 976. The fourth-order valence-electron chi connectivity index (χ4n) is 2.41. The third-order valence-corrected chi connectivity index (χ3v) is 3.64. The molecular weight excluding hydrogens is 339 g/mol. The highest BCUT2D eigenvalue weighted by atomic mass is 19.1. The van der Waals surface area contributed by atoms with E-state index in [2.05, 4.69) is 5.10 Å². The normalized spacial score (nSPS) is 10.3. The van der Waals surface area contributed by atoms with Crippen molar-refractivity contribution in [3.8, 4) is 16.9 Å². The van der Waals surface area contributed by atoms with Crippen molar-refractivity contribution in [3.63, 3.8) is 0 Å². The average Bonchev–Trinajstić information content (AvgIpc) is 3.04. The number of hydrogen-bond acceptors (Lipinski definition) is 3. The molecule has 130 valence electrons. The lowest BCUT2D eigenvalue weighted by atomic mass is 10.1. The summed E-state index contributed by atoms with van der Waals surface area (Å²) in [5.74, 6) is -3.55. The summed E-state index contributed by atoms with van der Waals surface area (Å²) in [6.07, 6.45) is 2.57. The highest BCUT2D eigenvalue weighted by Gasteiger charge is 2.19. The Hall–Kier alpha value is -3.74. The van der Waals surface area contributed by atoms with Crippen LogP contribution in [-0.4, -0.2) is 31.9 Å². The summed E-state index contributed by atoms with van der Waals surface area (Å²) < 4.78 is 14.7. The molecule has 0 radical (unpaired) electrons. The first-order chi connectivity index (χ1) is 12.5. The van der Waals surface area contributed by atoms with Gasteiger partial charge in [-0.25, -0.2) is 18.7 Å². The van der Waals surface area contributed by atoms with Crippen molar-refractivity contribution < 1.29 is 24.2 Å². The van der Waals surface area contributed by atoms with Crippen LogP contribution in [0.1, 0.15) is 5.56 Å². The second kappa shape index (κ2) is 7.02. The maximum atomic E-state index is 13.2. The molecule has 2 N–H and O–H groups in total. The van der Waals surface area contributed by atoms with Crippen molar-refractivity contribution in [1.29, 1.82) is 0 Å². The monoisotopic (exact) mass is 352 g/mol. The highest BCUT2D eigenvalue weighted by molar-refractivity contribution is 6.16. The molecule has 3 rings (SSSR count). The van der Waals surface area contributed by atoms with Gasteiger partial charge in [-0.3, -0.25) is 0 Å². The minimum Gasteiger partial charge on any atom is -0.477 e. The van der Waals surface area contributed by atoms with Gasteiger partial charge in [0.2, 0.25) is 0 Å². The third-order valence-electron chi connectivity index (χ3n) is 3.64. The highest BCUT2D eigenvalue weighted by Crippen LogP contribution is 2.26. The van der Waals surface area contributed by atoms with Crippen LogP contribution in [0.3, 0.4) is 0 Å². The lowest BCUT2D eigenvalue weighted by Gasteiger charge is -2.01. The van der Waals surface area contributed by atoms with Gasteiger partial charge in [0.25, 0.3) is 0 Å². The zero-order chi connectivity index (χ0) is 18.7. The number of aromatic nitrogens is 2. The zero-order valence-electron chi connectivity index (χ0n) is 13.3. The first-order valence-electron chi connectivity index (χ1n) is 7.55. The van der Waals surface area contributed by atoms with Gasteiger partial charge in [0.15, 0.2) is 0 Å². The van der Waals surface area contributed by atoms with E-state index in [1.807, 2.05) is 18.2 Å². The van der Waals surface area contributed by atoms with Crippen molar-refractivity contribution in [3.05, 3.63) is 77.7 Å². The summed E-state index contributed by atoms with van der Waals surface area (Å²) in [6, 6.07) is 14.5. The van der Waals surface area contributed by atoms with Crippen LogP contribution in [0.2, 0.25) is 0 Å². The van der Waals surface area contributed by atoms with Gasteiger partial charge in [0.1, 0.15) is 11.4 Å². The molecule has 0 aliphatic rings. The Balaban J connectivity index is 2.19. The van der Waals surface area contributed by atoms with Crippen LogP contribution >= 0.6 is 0 Å². The van der Waals surface area contributed by atoms with Crippen LogP contribution in [0, 0.1) is 5.82 Å². The van der Waals surface area contributed by atoms with E-state index in [1.165, 1.54) is 35.1 Å². The number of halogens is 1. The minimum atomic E-state index is -1.56. The Morgan fingerprint density at radius 1 is 0.962 bits per heavy atom. The number of nitrogens with zero attached hydrogens (tertiary/aromatic N) is 2. The third kappa shape index (κ3) is 3.51. The predicted molar refractivity (Wildman–Crippen MR) is 92.2 cm³/mol. The largest absolute Gasteiger partial charge is 0.477 e. The van der Waals surface area contributed by atoms with E-state index >= 15 is 0 Å². The van der Waals surface area contributed by atoms with Gasteiger partial charge >= 0.3 is 11.9 Å². The smallest absolute Gasteiger partial charge is 0.343 e. The number of carbonyl (C=O) groups is 2. The van der Waals surface area contributed by atoms with Gasteiger partial charge in [-0.05, 0) is 42.5 Å². The summed E-state index contributed by atoms with van der Waals surface area (Å²) >= 11 is 0. The second-order valence-electron chi connectivity index (χ2n) is 5.39. The Morgan fingerprint density at radius 2 is 1.58 bits per heavy atom. The van der Waals surface area contributed by atoms with Crippen LogP contribution in [0.15, 0.2) is 66.4 Å². The molecule has 0 saturated heterocycles. The van der Waals surface area contributed by atoms with E-state index < -0.39 is 23.3 Å². The molecule has 26 heavy (non-hydrogen) atoms. The first-order valence-corrected chi connectivity index (χ1v) is 7.55. The molecule has 0 fully saturated rings. The Labute approximate surface area is 147 Å². The van der Waals surface area contributed by atoms with Crippen LogP contribution in [0.5, 0.6) is 0 Å². The van der Waals surface area contributed by atoms with E-state index in [9.17, 15) is 14.0 Å². The minimum absolute atomic E-state index is 0.292. The van der Waals surface area contributed by atoms with Crippen molar-refractivity contribution in [2.24, 2.45) is 0 Å². The summed E-state index contributed by atoms with van der Waals surface area (Å²) in [6.45, 7) is 0. The molecule has 0 spiro atoms. The standard InChI is InChI=1S/C19H13FN2O4/c20-14-8-6-12(7-9-14)17-13(10-16(18(23)24)19(25)26)11-22(21-17)15-4-2-1-3-5-15/h1-11H,(H,23,24)(H,25,26). The summed E-state index contributed by atoms with van der Waals surface area (Å²) in [5.41, 5.74) is 1.08. The van der Waals surface area contributed by atoms with Gasteiger partial charge in [0, 0.05) is 17.3 Å². The molecule has 0 saturated carbocycles. The number of benzene rings is 2. The molecule has 0 bridgehead atoms. The molecule has 0 amide bonds. The van der Waals surface area contributed by atoms with E-state index in [4.69, 9.17) is 10.2 Å². The maximum absolute atomic E-state index is 13.2. The van der Waals surface area contributed by atoms with E-state index in [0.717, 1.165) is 6.08 Å². The molecule has 3 aromatic rings. The van der Waals surface area contributed by atoms with Gasteiger partial charge in [-0.1, -0.05) is 18.2 Å². The van der Waals surface area contributed by atoms with Gasteiger partial charge < -0.3 is 10.2 Å². The number of hydrogen-bond donors (Lipinski definition) is 2. The molecule has 1 heterocycles. The molecule has 7 heteroatoms. The van der Waals surface area contributed by atoms with Crippen LogP contribution in [0.25, 0.3) is 23.0 Å². The lowest BCUT2D eigenvalue weighted by Crippen LogP contribution is -2.10. The zero-order valence-corrected chi connectivity index (χ0v) is 13.3. The van der Waals surface area contributed by atoms with E-state index in [0.29, 0.717) is 22.5 Å². The molecule has 0 aliphatic heterocycles. The maximum Gasteiger partial charge on any atom is 0.343 e. The number of para-hydroxylation sites is 1. The number of carboxylic acid groups (broad SMARTS) is 2. The topological polar surface area (TPSA) is 92.4 Å². The van der Waals surface area contributed by atoms with E-state index in [1.54, 1.807) is 12.1 Å². The SMILES string of the molecule is O=C(O)C(=Cc1cn(-c2ccccc2)nc1-c1ccc(F)cc1)C(=O)O. The van der Waals surface area contributed by atoms with Crippen LogP contribution in [-0.2, 0) is 9.59 Å². The van der Waals surface area contributed by atoms with Crippen molar-refractivity contribution in [1.82, 2.24) is 9.78 Å². The second-order valence-corrected chi connectivity index (χ2v) is 5.39. The Kier molecular flexibility index (Phi) is 4.62. The predicted octanol–water partition coefficient (Wildman–Crippen LogP) is 3.23. The van der Waals surface area contributed by atoms with Crippen molar-refractivity contribution >= 4 is 18.0 Å². The molecule has 2 aromatic carbocycles. The lowest BCUT2D eigenvalue weighted by molar-refractivity contribution is -0.140. The molecular formula is C19H13FN2O4. The molecule has 6 nitrogen and oxygen atoms in total. The summed E-state index contributed by atoms with van der Waals surface area (Å²) in [7, 11) is 0. The summed E-state index contributed by atoms with van der Waals surface area (Å²) in [4.78, 5) is 22.4. The van der Waals surface area contributed by atoms with Gasteiger partial charge in [-0.2, -0.15) is 5.10 Å². The van der Waals surface area contributed by atoms with Gasteiger partial charge in [0.05, 0.1) is 11.4 Å². The van der Waals surface area contributed by atoms with E-state index in [-0.39, 0.29) is 0 Å². The molecule has 0 unspecified atom stereocenters. The Morgan fingerprint density at radius 3 is 2.15 bits per heavy atom. The quantitative estimate of drug-likeness (QED) is 0.418. The van der Waals surface area contributed by atoms with Crippen LogP contribution in [0.4, 0.5) is 4.39 Å². The molecule has 1 aromatic heterocycles. The van der Waals surface area contributed by atoms with Crippen molar-refractivity contribution in [2.75, 3.05) is 0 Å². The van der Waals surface area contributed by atoms with Crippen LogP contribution < -0.4 is 0 Å². The summed E-state index contributed by atoms with van der Waals surface area (Å²) in [5, 5.41) is 22.6.